The third kappa shape index (κ3) is 5.05. The Morgan fingerprint density at radius 3 is 2.61 bits per heavy atom. The highest BCUT2D eigenvalue weighted by Gasteiger charge is 2.28. The van der Waals surface area contributed by atoms with Gasteiger partial charge in [-0.3, -0.25) is 14.9 Å². The average Bonchev–Trinajstić information content (AvgIpc) is 3.38. The lowest BCUT2D eigenvalue weighted by molar-refractivity contribution is -0.118. The van der Waals surface area contributed by atoms with Gasteiger partial charge in [0, 0.05) is 41.8 Å². The molecule has 0 radical (unpaired) electrons. The Morgan fingerprint density at radius 2 is 1.94 bits per heavy atom. The number of nitrogens with zero attached hydrogens (tertiary/aromatic N) is 2. The van der Waals surface area contributed by atoms with E-state index in [0.717, 1.165) is 41.1 Å². The number of rotatable bonds is 8. The minimum Gasteiger partial charge on any atom is -0.356 e. The number of aromatic nitrogens is 2. The molecule has 7 heteroatoms. The fourth-order valence-electron chi connectivity index (χ4n) is 3.93. The molecule has 1 aromatic carbocycles. The molecule has 0 saturated heterocycles. The Bertz CT molecular complexity index is 1090. The van der Waals surface area contributed by atoms with Crippen LogP contribution in [0.15, 0.2) is 35.7 Å². The maximum Gasteiger partial charge on any atom is 0.259 e. The molecular formula is C24H28N4O2S. The van der Waals surface area contributed by atoms with Crippen LogP contribution in [-0.2, 0) is 11.2 Å². The first-order chi connectivity index (χ1) is 14.9. The van der Waals surface area contributed by atoms with Crippen molar-refractivity contribution in [2.45, 2.75) is 52.5 Å². The van der Waals surface area contributed by atoms with Crippen molar-refractivity contribution < 1.29 is 9.59 Å². The zero-order chi connectivity index (χ0) is 22.0. The second-order valence-corrected chi connectivity index (χ2v) is 9.02. The zero-order valence-electron chi connectivity index (χ0n) is 18.2. The number of hydrogen-bond acceptors (Lipinski definition) is 4. The van der Waals surface area contributed by atoms with E-state index < -0.39 is 0 Å². The molecule has 31 heavy (non-hydrogen) atoms. The predicted octanol–water partition coefficient (Wildman–Crippen LogP) is 4.88. The highest BCUT2D eigenvalue weighted by molar-refractivity contribution is 7.14. The van der Waals surface area contributed by atoms with Crippen molar-refractivity contribution in [3.8, 4) is 11.3 Å². The fraction of sp³-hybridized carbons (Fsp3) is 0.375. The van der Waals surface area contributed by atoms with Gasteiger partial charge < -0.3 is 9.88 Å². The Kier molecular flexibility index (Phi) is 6.23. The quantitative estimate of drug-likeness (QED) is 0.494. The van der Waals surface area contributed by atoms with Crippen molar-refractivity contribution >= 4 is 28.3 Å². The fourth-order valence-corrected chi connectivity index (χ4v) is 4.64. The van der Waals surface area contributed by atoms with Crippen molar-refractivity contribution in [2.75, 3.05) is 11.9 Å². The van der Waals surface area contributed by atoms with Gasteiger partial charge in [-0.2, -0.15) is 0 Å². The maximum absolute atomic E-state index is 12.8. The number of carbonyl (C=O) groups excluding carboxylic acids is 2. The van der Waals surface area contributed by atoms with E-state index in [9.17, 15) is 9.59 Å². The summed E-state index contributed by atoms with van der Waals surface area (Å²) in [5.41, 5.74) is 6.00. The Balaban J connectivity index is 1.37. The molecule has 2 N–H and O–H groups in total. The minimum atomic E-state index is -0.101. The summed E-state index contributed by atoms with van der Waals surface area (Å²) in [5.74, 6) is -0.0945. The predicted molar refractivity (Wildman–Crippen MR) is 125 cm³/mol. The molecule has 4 rings (SSSR count). The van der Waals surface area contributed by atoms with E-state index in [4.69, 9.17) is 0 Å². The van der Waals surface area contributed by atoms with Gasteiger partial charge >= 0.3 is 0 Å². The van der Waals surface area contributed by atoms with Gasteiger partial charge in [0.25, 0.3) is 5.91 Å². The van der Waals surface area contributed by atoms with Crippen LogP contribution in [0.4, 0.5) is 5.13 Å². The topological polar surface area (TPSA) is 76.0 Å². The average molecular weight is 437 g/mol. The van der Waals surface area contributed by atoms with E-state index in [1.54, 1.807) is 0 Å². The van der Waals surface area contributed by atoms with E-state index in [1.807, 2.05) is 18.4 Å². The Hall–Kier alpha value is -2.93. The SMILES string of the molecule is CC(=O)NCCCc1ccc(-c2csc(NC(=O)c3cc(C)n(C4CC4)c3C)n2)cc1. The summed E-state index contributed by atoms with van der Waals surface area (Å²) in [5, 5.41) is 8.35. The number of hydrogen-bond donors (Lipinski definition) is 2. The summed E-state index contributed by atoms with van der Waals surface area (Å²) in [7, 11) is 0. The summed E-state index contributed by atoms with van der Waals surface area (Å²) < 4.78 is 2.28. The first-order valence-electron chi connectivity index (χ1n) is 10.7. The number of thiazole rings is 1. The molecule has 2 amide bonds. The highest BCUT2D eigenvalue weighted by atomic mass is 32.1. The maximum atomic E-state index is 12.8. The zero-order valence-corrected chi connectivity index (χ0v) is 19.0. The molecule has 0 unspecified atom stereocenters. The van der Waals surface area contributed by atoms with Gasteiger partial charge in [-0.25, -0.2) is 4.98 Å². The summed E-state index contributed by atoms with van der Waals surface area (Å²) in [6.45, 7) is 6.30. The van der Waals surface area contributed by atoms with Crippen LogP contribution >= 0.6 is 11.3 Å². The normalized spacial score (nSPS) is 13.3. The number of carbonyl (C=O) groups is 2. The first kappa shape index (κ1) is 21.3. The van der Waals surface area contributed by atoms with Gasteiger partial charge in [0.05, 0.1) is 11.3 Å². The molecule has 1 fully saturated rings. The van der Waals surface area contributed by atoms with Crippen molar-refractivity contribution in [1.29, 1.82) is 0 Å². The van der Waals surface area contributed by atoms with E-state index in [2.05, 4.69) is 51.4 Å². The number of anilines is 1. The van der Waals surface area contributed by atoms with E-state index in [-0.39, 0.29) is 11.8 Å². The molecule has 2 aromatic heterocycles. The minimum absolute atomic E-state index is 0.00699. The Labute approximate surface area is 186 Å². The van der Waals surface area contributed by atoms with Crippen LogP contribution in [0, 0.1) is 13.8 Å². The highest BCUT2D eigenvalue weighted by Crippen LogP contribution is 2.38. The van der Waals surface area contributed by atoms with Crippen LogP contribution in [0.1, 0.15) is 59.5 Å². The number of benzene rings is 1. The summed E-state index contributed by atoms with van der Waals surface area (Å²) in [6.07, 6.45) is 4.22. The largest absolute Gasteiger partial charge is 0.356 e. The number of amides is 2. The standard InChI is InChI=1S/C24H28N4O2S/c1-15-13-21(16(2)28(15)20-10-11-20)23(30)27-24-26-22(14-31-24)19-8-6-18(7-9-19)5-4-12-25-17(3)29/h6-9,13-14,20H,4-5,10-12H2,1-3H3,(H,25,29)(H,26,27,30). The second kappa shape index (κ2) is 9.06. The van der Waals surface area contributed by atoms with Crippen LogP contribution < -0.4 is 10.6 Å². The van der Waals surface area contributed by atoms with Gasteiger partial charge in [0.2, 0.25) is 5.91 Å². The van der Waals surface area contributed by atoms with Gasteiger partial charge in [0.15, 0.2) is 5.13 Å². The summed E-state index contributed by atoms with van der Waals surface area (Å²) in [6, 6.07) is 10.8. The summed E-state index contributed by atoms with van der Waals surface area (Å²) >= 11 is 1.44. The lowest BCUT2D eigenvalue weighted by Gasteiger charge is -2.07. The molecule has 1 aliphatic rings. The smallest absolute Gasteiger partial charge is 0.259 e. The monoisotopic (exact) mass is 436 g/mol. The van der Waals surface area contributed by atoms with Crippen LogP contribution in [-0.4, -0.2) is 27.9 Å². The third-order valence-corrected chi connectivity index (χ3v) is 6.39. The van der Waals surface area contributed by atoms with E-state index >= 15 is 0 Å². The molecule has 6 nitrogen and oxygen atoms in total. The lowest BCUT2D eigenvalue weighted by Crippen LogP contribution is -2.21. The van der Waals surface area contributed by atoms with E-state index in [0.29, 0.717) is 17.7 Å². The van der Waals surface area contributed by atoms with E-state index in [1.165, 1.54) is 36.7 Å². The first-order valence-corrected chi connectivity index (χ1v) is 11.6. The van der Waals surface area contributed by atoms with Gasteiger partial charge in [-0.15, -0.1) is 11.3 Å². The van der Waals surface area contributed by atoms with Gasteiger partial charge in [-0.05, 0) is 51.2 Å². The lowest BCUT2D eigenvalue weighted by atomic mass is 10.1. The molecular weight excluding hydrogens is 408 g/mol. The van der Waals surface area contributed by atoms with Crippen molar-refractivity contribution in [3.63, 3.8) is 0 Å². The van der Waals surface area contributed by atoms with Gasteiger partial charge in [-0.1, -0.05) is 24.3 Å². The van der Waals surface area contributed by atoms with Crippen molar-refractivity contribution in [1.82, 2.24) is 14.9 Å². The van der Waals surface area contributed by atoms with Gasteiger partial charge in [0.1, 0.15) is 0 Å². The van der Waals surface area contributed by atoms with Crippen LogP contribution in [0.2, 0.25) is 0 Å². The number of aryl methyl sites for hydroxylation is 2. The molecule has 162 valence electrons. The van der Waals surface area contributed by atoms with Crippen molar-refractivity contribution in [3.05, 3.63) is 58.2 Å². The van der Waals surface area contributed by atoms with Crippen LogP contribution in [0.3, 0.4) is 0 Å². The third-order valence-electron chi connectivity index (χ3n) is 5.63. The number of nitrogens with one attached hydrogen (secondary N) is 2. The molecule has 0 atom stereocenters. The molecule has 0 aliphatic heterocycles. The molecule has 1 aliphatic carbocycles. The Morgan fingerprint density at radius 1 is 1.19 bits per heavy atom. The van der Waals surface area contributed by atoms with Crippen LogP contribution in [0.25, 0.3) is 11.3 Å². The molecule has 2 heterocycles. The molecule has 0 bridgehead atoms. The molecule has 0 spiro atoms. The second-order valence-electron chi connectivity index (χ2n) is 8.16. The van der Waals surface area contributed by atoms with Crippen molar-refractivity contribution in [2.24, 2.45) is 0 Å². The summed E-state index contributed by atoms with van der Waals surface area (Å²) in [4.78, 5) is 28.3. The van der Waals surface area contributed by atoms with Crippen LogP contribution in [0.5, 0.6) is 0 Å². The molecule has 1 saturated carbocycles. The molecule has 3 aromatic rings.